The van der Waals surface area contributed by atoms with Crippen molar-refractivity contribution < 1.29 is 9.13 Å². The first-order chi connectivity index (χ1) is 9.20. The van der Waals surface area contributed by atoms with E-state index in [0.717, 1.165) is 17.9 Å². The maximum Gasteiger partial charge on any atom is 0.134 e. The van der Waals surface area contributed by atoms with Crippen molar-refractivity contribution in [2.45, 2.75) is 20.4 Å². The Morgan fingerprint density at radius 2 is 1.95 bits per heavy atom. The number of benzene rings is 2. The van der Waals surface area contributed by atoms with Crippen LogP contribution in [0.2, 0.25) is 0 Å². The SMILES string of the molecule is CCNCc1c(F)cccc1Oc1cccc(C)c1. The predicted molar refractivity (Wildman–Crippen MR) is 75.0 cm³/mol. The molecule has 0 atom stereocenters. The van der Waals surface area contributed by atoms with E-state index in [1.807, 2.05) is 38.1 Å². The van der Waals surface area contributed by atoms with Crippen LogP contribution in [0.15, 0.2) is 42.5 Å². The monoisotopic (exact) mass is 259 g/mol. The van der Waals surface area contributed by atoms with Crippen molar-refractivity contribution in [3.8, 4) is 11.5 Å². The molecule has 2 nitrogen and oxygen atoms in total. The molecule has 19 heavy (non-hydrogen) atoms. The molecule has 0 aromatic heterocycles. The summed E-state index contributed by atoms with van der Waals surface area (Å²) in [7, 11) is 0. The van der Waals surface area contributed by atoms with Crippen molar-refractivity contribution in [2.24, 2.45) is 0 Å². The van der Waals surface area contributed by atoms with E-state index < -0.39 is 0 Å². The zero-order chi connectivity index (χ0) is 13.7. The lowest BCUT2D eigenvalue weighted by molar-refractivity contribution is 0.462. The number of halogens is 1. The van der Waals surface area contributed by atoms with Gasteiger partial charge in [-0.25, -0.2) is 4.39 Å². The lowest BCUT2D eigenvalue weighted by atomic mass is 10.2. The quantitative estimate of drug-likeness (QED) is 0.875. The van der Waals surface area contributed by atoms with Gasteiger partial charge in [-0.15, -0.1) is 0 Å². The van der Waals surface area contributed by atoms with Crippen molar-refractivity contribution in [1.82, 2.24) is 5.32 Å². The van der Waals surface area contributed by atoms with E-state index in [4.69, 9.17) is 4.74 Å². The van der Waals surface area contributed by atoms with Crippen molar-refractivity contribution >= 4 is 0 Å². The van der Waals surface area contributed by atoms with Crippen LogP contribution < -0.4 is 10.1 Å². The number of hydrogen-bond acceptors (Lipinski definition) is 2. The third-order valence-electron chi connectivity index (χ3n) is 2.84. The third-order valence-corrected chi connectivity index (χ3v) is 2.84. The molecule has 0 aliphatic carbocycles. The summed E-state index contributed by atoms with van der Waals surface area (Å²) in [5, 5.41) is 3.12. The Morgan fingerprint density at radius 3 is 2.68 bits per heavy atom. The van der Waals surface area contributed by atoms with Gasteiger partial charge in [-0.3, -0.25) is 0 Å². The zero-order valence-corrected chi connectivity index (χ0v) is 11.2. The number of rotatable bonds is 5. The molecule has 3 heteroatoms. The van der Waals surface area contributed by atoms with Gasteiger partial charge >= 0.3 is 0 Å². The maximum atomic E-state index is 13.8. The largest absolute Gasteiger partial charge is 0.457 e. The highest BCUT2D eigenvalue weighted by Crippen LogP contribution is 2.27. The van der Waals surface area contributed by atoms with E-state index in [-0.39, 0.29) is 5.82 Å². The predicted octanol–water partition coefficient (Wildman–Crippen LogP) is 4.04. The van der Waals surface area contributed by atoms with Crippen LogP contribution in [0.1, 0.15) is 18.1 Å². The van der Waals surface area contributed by atoms with E-state index in [0.29, 0.717) is 17.9 Å². The number of ether oxygens (including phenoxy) is 1. The summed E-state index contributed by atoms with van der Waals surface area (Å²) in [5.74, 6) is 1.04. The maximum absolute atomic E-state index is 13.8. The first kappa shape index (κ1) is 13.6. The number of hydrogen-bond donors (Lipinski definition) is 1. The van der Waals surface area contributed by atoms with Crippen LogP contribution >= 0.6 is 0 Å². The van der Waals surface area contributed by atoms with Gasteiger partial charge in [0.15, 0.2) is 0 Å². The summed E-state index contributed by atoms with van der Waals surface area (Å²) in [5.41, 5.74) is 1.67. The molecule has 0 saturated heterocycles. The highest BCUT2D eigenvalue weighted by molar-refractivity contribution is 5.39. The van der Waals surface area contributed by atoms with Crippen LogP contribution in [-0.4, -0.2) is 6.54 Å². The lowest BCUT2D eigenvalue weighted by Crippen LogP contribution is -2.13. The molecule has 2 rings (SSSR count). The Labute approximate surface area is 113 Å². The van der Waals surface area contributed by atoms with Gasteiger partial charge < -0.3 is 10.1 Å². The smallest absolute Gasteiger partial charge is 0.134 e. The molecule has 0 spiro atoms. The van der Waals surface area contributed by atoms with Gasteiger partial charge in [0.2, 0.25) is 0 Å². The first-order valence-corrected chi connectivity index (χ1v) is 6.43. The molecule has 2 aromatic rings. The Bertz CT molecular complexity index is 554. The normalized spacial score (nSPS) is 10.5. The Morgan fingerprint density at radius 1 is 1.16 bits per heavy atom. The molecule has 0 fully saturated rings. The van der Waals surface area contributed by atoms with Crippen LogP contribution in [0, 0.1) is 12.7 Å². The van der Waals surface area contributed by atoms with Gasteiger partial charge in [-0.1, -0.05) is 25.1 Å². The van der Waals surface area contributed by atoms with Gasteiger partial charge in [0.25, 0.3) is 0 Å². The molecular formula is C16H18FNO. The summed E-state index contributed by atoms with van der Waals surface area (Å²) in [6, 6.07) is 12.6. The summed E-state index contributed by atoms with van der Waals surface area (Å²) in [6.45, 7) is 5.24. The fourth-order valence-corrected chi connectivity index (χ4v) is 1.86. The summed E-state index contributed by atoms with van der Waals surface area (Å²) in [4.78, 5) is 0. The summed E-state index contributed by atoms with van der Waals surface area (Å²) < 4.78 is 19.6. The van der Waals surface area contributed by atoms with E-state index in [9.17, 15) is 4.39 Å². The van der Waals surface area contributed by atoms with Crippen molar-refractivity contribution in [1.29, 1.82) is 0 Å². The minimum Gasteiger partial charge on any atom is -0.457 e. The topological polar surface area (TPSA) is 21.3 Å². The van der Waals surface area contributed by atoms with E-state index >= 15 is 0 Å². The van der Waals surface area contributed by atoms with Crippen LogP contribution in [0.4, 0.5) is 4.39 Å². The third kappa shape index (κ3) is 3.55. The van der Waals surface area contributed by atoms with Crippen molar-refractivity contribution in [3.63, 3.8) is 0 Å². The minimum absolute atomic E-state index is 0.244. The summed E-state index contributed by atoms with van der Waals surface area (Å²) >= 11 is 0. The molecule has 0 aliphatic rings. The Hall–Kier alpha value is -1.87. The van der Waals surface area contributed by atoms with Crippen molar-refractivity contribution in [2.75, 3.05) is 6.54 Å². The molecule has 0 bridgehead atoms. The Balaban J connectivity index is 2.26. The van der Waals surface area contributed by atoms with Crippen LogP contribution in [0.25, 0.3) is 0 Å². The van der Waals surface area contributed by atoms with Gasteiger partial charge in [0, 0.05) is 12.1 Å². The highest BCUT2D eigenvalue weighted by Gasteiger charge is 2.09. The molecule has 0 radical (unpaired) electrons. The molecule has 2 aromatic carbocycles. The number of nitrogens with one attached hydrogen (secondary N) is 1. The molecular weight excluding hydrogens is 241 g/mol. The second-order valence-corrected chi connectivity index (χ2v) is 4.42. The van der Waals surface area contributed by atoms with Gasteiger partial charge in [-0.05, 0) is 43.3 Å². The average molecular weight is 259 g/mol. The second kappa shape index (κ2) is 6.34. The van der Waals surface area contributed by atoms with E-state index in [1.54, 1.807) is 12.1 Å². The summed E-state index contributed by atoms with van der Waals surface area (Å²) in [6.07, 6.45) is 0. The fourth-order valence-electron chi connectivity index (χ4n) is 1.86. The fraction of sp³-hybridized carbons (Fsp3) is 0.250. The van der Waals surface area contributed by atoms with Crippen LogP contribution in [0.5, 0.6) is 11.5 Å². The molecule has 100 valence electrons. The average Bonchev–Trinajstić information content (AvgIpc) is 2.38. The molecule has 0 aliphatic heterocycles. The molecule has 0 unspecified atom stereocenters. The van der Waals surface area contributed by atoms with Crippen LogP contribution in [-0.2, 0) is 6.54 Å². The molecule has 0 amide bonds. The minimum atomic E-state index is -0.244. The lowest BCUT2D eigenvalue weighted by Gasteiger charge is -2.12. The Kier molecular flexibility index (Phi) is 4.53. The van der Waals surface area contributed by atoms with Gasteiger partial charge in [0.05, 0.1) is 0 Å². The standard InChI is InChI=1S/C16H18FNO/c1-3-18-11-14-15(17)8-5-9-16(14)19-13-7-4-6-12(2)10-13/h4-10,18H,3,11H2,1-2H3. The highest BCUT2D eigenvalue weighted by atomic mass is 19.1. The van der Waals surface area contributed by atoms with E-state index in [1.165, 1.54) is 6.07 Å². The van der Waals surface area contributed by atoms with Crippen molar-refractivity contribution in [3.05, 3.63) is 59.4 Å². The van der Waals surface area contributed by atoms with Gasteiger partial charge in [0.1, 0.15) is 17.3 Å². The van der Waals surface area contributed by atoms with Crippen LogP contribution in [0.3, 0.4) is 0 Å². The molecule has 0 heterocycles. The van der Waals surface area contributed by atoms with E-state index in [2.05, 4.69) is 5.32 Å². The number of aryl methyl sites for hydroxylation is 1. The first-order valence-electron chi connectivity index (χ1n) is 6.43. The zero-order valence-electron chi connectivity index (χ0n) is 11.2. The molecule has 1 N–H and O–H groups in total. The molecule has 0 saturated carbocycles. The second-order valence-electron chi connectivity index (χ2n) is 4.42. The van der Waals surface area contributed by atoms with Gasteiger partial charge in [-0.2, -0.15) is 0 Å².